The number of benzene rings is 2. The molecule has 0 fully saturated rings. The third kappa shape index (κ3) is 1.15. The molecule has 0 saturated carbocycles. The summed E-state index contributed by atoms with van der Waals surface area (Å²) in [6.45, 7) is 0. The molecular formula is C14H9N. The second-order valence-electron chi connectivity index (χ2n) is 3.82. The summed E-state index contributed by atoms with van der Waals surface area (Å²) in [4.78, 5) is 0. The Balaban J connectivity index is 2.27. The normalized spacial score (nSPS) is 11.7. The molecule has 1 nitrogen and oxygen atoms in total. The molecule has 2 aromatic carbocycles. The molecule has 0 saturated heterocycles. The van der Waals surface area contributed by atoms with Crippen molar-refractivity contribution >= 4 is 0 Å². The Morgan fingerprint density at radius 1 is 0.933 bits per heavy atom. The molecule has 1 aliphatic carbocycles. The number of hydrogen-bond donors (Lipinski definition) is 0. The molecule has 0 amide bonds. The standard InChI is InChI=1S/C14H9N/c15-9-10-5-6-12-8-11-3-1-2-4-13(11)14(12)7-10/h1-7H,8H2. The molecular weight excluding hydrogens is 182 g/mol. The zero-order chi connectivity index (χ0) is 10.3. The smallest absolute Gasteiger partial charge is 0.0991 e. The lowest BCUT2D eigenvalue weighted by Gasteiger charge is -2.00. The predicted octanol–water partition coefficient (Wildman–Crippen LogP) is 3.13. The van der Waals surface area contributed by atoms with Crippen LogP contribution in [0.1, 0.15) is 16.7 Å². The molecule has 1 heteroatoms. The van der Waals surface area contributed by atoms with Gasteiger partial charge in [0, 0.05) is 0 Å². The quantitative estimate of drug-likeness (QED) is 0.535. The Bertz CT molecular complexity index is 576. The zero-order valence-electron chi connectivity index (χ0n) is 8.20. The highest BCUT2D eigenvalue weighted by Gasteiger charge is 2.17. The topological polar surface area (TPSA) is 23.8 Å². The van der Waals surface area contributed by atoms with Crippen LogP contribution in [0.2, 0.25) is 0 Å². The van der Waals surface area contributed by atoms with Crippen molar-refractivity contribution in [3.63, 3.8) is 0 Å². The fourth-order valence-electron chi connectivity index (χ4n) is 2.19. The minimum atomic E-state index is 0.741. The monoisotopic (exact) mass is 191 g/mol. The summed E-state index contributed by atoms with van der Waals surface area (Å²) < 4.78 is 0. The van der Waals surface area contributed by atoms with Crippen LogP contribution >= 0.6 is 0 Å². The van der Waals surface area contributed by atoms with Gasteiger partial charge in [0.05, 0.1) is 11.6 Å². The van der Waals surface area contributed by atoms with Gasteiger partial charge in [-0.2, -0.15) is 5.26 Å². The molecule has 0 aromatic heterocycles. The Morgan fingerprint density at radius 3 is 2.60 bits per heavy atom. The lowest BCUT2D eigenvalue weighted by atomic mass is 10.0. The molecule has 0 spiro atoms. The molecule has 70 valence electrons. The van der Waals surface area contributed by atoms with Crippen LogP contribution in [0.15, 0.2) is 42.5 Å². The van der Waals surface area contributed by atoms with E-state index in [2.05, 4.69) is 30.3 Å². The van der Waals surface area contributed by atoms with E-state index in [1.54, 1.807) is 0 Å². The minimum Gasteiger partial charge on any atom is -0.192 e. The zero-order valence-corrected chi connectivity index (χ0v) is 8.20. The van der Waals surface area contributed by atoms with Gasteiger partial charge in [0.15, 0.2) is 0 Å². The lowest BCUT2D eigenvalue weighted by molar-refractivity contribution is 1.26. The number of nitriles is 1. The SMILES string of the molecule is N#Cc1ccc2c(c1)-c1ccccc1C2. The van der Waals surface area contributed by atoms with Crippen molar-refractivity contribution in [2.75, 3.05) is 0 Å². The minimum absolute atomic E-state index is 0.741. The van der Waals surface area contributed by atoms with Crippen LogP contribution in [0.4, 0.5) is 0 Å². The van der Waals surface area contributed by atoms with E-state index < -0.39 is 0 Å². The average Bonchev–Trinajstić information content (AvgIpc) is 2.66. The van der Waals surface area contributed by atoms with Crippen molar-refractivity contribution in [1.29, 1.82) is 5.26 Å². The van der Waals surface area contributed by atoms with Gasteiger partial charge < -0.3 is 0 Å². The molecule has 1 aliphatic rings. The van der Waals surface area contributed by atoms with Crippen molar-refractivity contribution in [2.45, 2.75) is 6.42 Å². The van der Waals surface area contributed by atoms with Crippen molar-refractivity contribution in [1.82, 2.24) is 0 Å². The van der Waals surface area contributed by atoms with E-state index in [9.17, 15) is 0 Å². The van der Waals surface area contributed by atoms with Gasteiger partial charge in [-0.1, -0.05) is 30.3 Å². The van der Waals surface area contributed by atoms with E-state index in [1.165, 1.54) is 22.3 Å². The Kier molecular flexibility index (Phi) is 1.63. The summed E-state index contributed by atoms with van der Waals surface area (Å²) in [5.41, 5.74) is 5.94. The van der Waals surface area contributed by atoms with E-state index >= 15 is 0 Å². The number of hydrogen-bond acceptors (Lipinski definition) is 1. The molecule has 0 unspecified atom stereocenters. The molecule has 0 atom stereocenters. The van der Waals surface area contributed by atoms with Gasteiger partial charge in [-0.25, -0.2) is 0 Å². The van der Waals surface area contributed by atoms with E-state index in [-0.39, 0.29) is 0 Å². The van der Waals surface area contributed by atoms with Crippen molar-refractivity contribution < 1.29 is 0 Å². The summed E-state index contributed by atoms with van der Waals surface area (Å²) in [5.74, 6) is 0. The molecule has 0 radical (unpaired) electrons. The first-order valence-electron chi connectivity index (χ1n) is 5.00. The largest absolute Gasteiger partial charge is 0.192 e. The van der Waals surface area contributed by atoms with Gasteiger partial charge in [-0.15, -0.1) is 0 Å². The van der Waals surface area contributed by atoms with Gasteiger partial charge in [-0.3, -0.25) is 0 Å². The molecule has 2 aromatic rings. The predicted molar refractivity (Wildman–Crippen MR) is 59.4 cm³/mol. The fraction of sp³-hybridized carbons (Fsp3) is 0.0714. The van der Waals surface area contributed by atoms with Gasteiger partial charge >= 0.3 is 0 Å². The number of nitrogens with zero attached hydrogens (tertiary/aromatic N) is 1. The van der Waals surface area contributed by atoms with Crippen LogP contribution in [0, 0.1) is 11.3 Å². The molecule has 0 bridgehead atoms. The second kappa shape index (κ2) is 2.96. The Labute approximate surface area is 88.6 Å². The van der Waals surface area contributed by atoms with Crippen LogP contribution in [-0.2, 0) is 6.42 Å². The maximum atomic E-state index is 8.87. The molecule has 0 N–H and O–H groups in total. The average molecular weight is 191 g/mol. The second-order valence-corrected chi connectivity index (χ2v) is 3.82. The van der Waals surface area contributed by atoms with Crippen molar-refractivity contribution in [2.24, 2.45) is 0 Å². The molecule has 0 aliphatic heterocycles. The van der Waals surface area contributed by atoms with Crippen LogP contribution in [0.25, 0.3) is 11.1 Å². The fourth-order valence-corrected chi connectivity index (χ4v) is 2.19. The third-order valence-corrected chi connectivity index (χ3v) is 2.93. The van der Waals surface area contributed by atoms with E-state index in [1.807, 2.05) is 18.2 Å². The van der Waals surface area contributed by atoms with Gasteiger partial charge in [0.2, 0.25) is 0 Å². The van der Waals surface area contributed by atoms with Crippen molar-refractivity contribution in [3.05, 3.63) is 59.2 Å². The summed E-state index contributed by atoms with van der Waals surface area (Å²) in [7, 11) is 0. The van der Waals surface area contributed by atoms with E-state index in [4.69, 9.17) is 5.26 Å². The third-order valence-electron chi connectivity index (χ3n) is 2.93. The van der Waals surface area contributed by atoms with Crippen molar-refractivity contribution in [3.8, 4) is 17.2 Å². The highest BCUT2D eigenvalue weighted by molar-refractivity contribution is 5.77. The Morgan fingerprint density at radius 2 is 1.73 bits per heavy atom. The highest BCUT2D eigenvalue weighted by Crippen LogP contribution is 2.36. The number of rotatable bonds is 0. The summed E-state index contributed by atoms with van der Waals surface area (Å²) >= 11 is 0. The van der Waals surface area contributed by atoms with Crippen LogP contribution in [-0.4, -0.2) is 0 Å². The van der Waals surface area contributed by atoms with Crippen LogP contribution < -0.4 is 0 Å². The molecule has 15 heavy (non-hydrogen) atoms. The first-order valence-corrected chi connectivity index (χ1v) is 5.00. The number of fused-ring (bicyclic) bond motifs is 3. The van der Waals surface area contributed by atoms with E-state index in [0.717, 1.165) is 12.0 Å². The van der Waals surface area contributed by atoms with Gasteiger partial charge in [0.1, 0.15) is 0 Å². The summed E-state index contributed by atoms with van der Waals surface area (Å²) in [6.07, 6.45) is 0.997. The molecule has 0 heterocycles. The summed E-state index contributed by atoms with van der Waals surface area (Å²) in [5, 5.41) is 8.87. The highest BCUT2D eigenvalue weighted by atomic mass is 14.3. The van der Waals surface area contributed by atoms with E-state index in [0.29, 0.717) is 0 Å². The van der Waals surface area contributed by atoms with Gasteiger partial charge in [0.25, 0.3) is 0 Å². The maximum Gasteiger partial charge on any atom is 0.0991 e. The maximum absolute atomic E-state index is 8.87. The summed E-state index contributed by atoms with van der Waals surface area (Å²) in [6, 6.07) is 16.5. The molecule has 3 rings (SSSR count). The Hall–Kier alpha value is -2.07. The first kappa shape index (κ1) is 8.26. The first-order chi connectivity index (χ1) is 7.38. The lowest BCUT2D eigenvalue weighted by Crippen LogP contribution is -1.81. The van der Waals surface area contributed by atoms with Gasteiger partial charge in [-0.05, 0) is 40.8 Å². The van der Waals surface area contributed by atoms with Crippen LogP contribution in [0.3, 0.4) is 0 Å². The van der Waals surface area contributed by atoms with Crippen LogP contribution in [0.5, 0.6) is 0 Å².